The predicted molar refractivity (Wildman–Crippen MR) is 77.3 cm³/mol. The number of carbonyl (C=O) groups is 3. The number of hydrogen-bond donors (Lipinski definition) is 0. The van der Waals surface area contributed by atoms with E-state index in [0.29, 0.717) is 17.6 Å². The molecule has 0 aromatic heterocycles. The van der Waals surface area contributed by atoms with Gasteiger partial charge in [0.25, 0.3) is 0 Å². The minimum Gasteiger partial charge on any atom is -0.497 e. The van der Waals surface area contributed by atoms with Crippen molar-refractivity contribution >= 4 is 18.0 Å². The zero-order valence-corrected chi connectivity index (χ0v) is 12.1. The summed E-state index contributed by atoms with van der Waals surface area (Å²) in [5.41, 5.74) is 0.471. The van der Waals surface area contributed by atoms with E-state index in [1.165, 1.54) is 7.11 Å². The summed E-state index contributed by atoms with van der Waals surface area (Å²) in [6.45, 7) is 5.35. The van der Waals surface area contributed by atoms with Crippen LogP contribution in [0.15, 0.2) is 36.4 Å². The SMILES string of the molecule is C=C(C=O)C(CC(=O)c1ccc(OC)cc1)C(=O)OCC. The van der Waals surface area contributed by atoms with Gasteiger partial charge in [0.1, 0.15) is 12.0 Å². The minimum absolute atomic E-state index is 0.0373. The van der Waals surface area contributed by atoms with Crippen molar-refractivity contribution in [1.82, 2.24) is 0 Å². The van der Waals surface area contributed by atoms with Gasteiger partial charge in [-0.05, 0) is 36.8 Å². The Labute approximate surface area is 123 Å². The molecular formula is C16H18O5. The lowest BCUT2D eigenvalue weighted by Crippen LogP contribution is -2.23. The molecule has 0 N–H and O–H groups in total. The smallest absolute Gasteiger partial charge is 0.313 e. The molecule has 0 spiro atoms. The summed E-state index contributed by atoms with van der Waals surface area (Å²) in [5.74, 6) is -1.20. The molecule has 1 unspecified atom stereocenters. The summed E-state index contributed by atoms with van der Waals surface area (Å²) in [7, 11) is 1.53. The van der Waals surface area contributed by atoms with Crippen molar-refractivity contribution < 1.29 is 23.9 Å². The van der Waals surface area contributed by atoms with E-state index < -0.39 is 11.9 Å². The van der Waals surface area contributed by atoms with Crippen LogP contribution in [0, 0.1) is 5.92 Å². The predicted octanol–water partition coefficient (Wildman–Crippen LogP) is 2.20. The molecule has 0 amide bonds. The Morgan fingerprint density at radius 3 is 2.38 bits per heavy atom. The number of rotatable bonds is 8. The third-order valence-corrected chi connectivity index (χ3v) is 2.97. The molecule has 1 atom stereocenters. The standard InChI is InChI=1S/C16H18O5/c1-4-21-16(19)14(11(2)10-17)9-15(18)12-5-7-13(20-3)8-6-12/h5-8,10,14H,2,4,9H2,1,3H3. The Morgan fingerprint density at radius 1 is 1.29 bits per heavy atom. The number of aldehydes is 1. The van der Waals surface area contributed by atoms with Crippen LogP contribution in [0.2, 0.25) is 0 Å². The van der Waals surface area contributed by atoms with Crippen LogP contribution in [0.3, 0.4) is 0 Å². The molecule has 112 valence electrons. The summed E-state index contributed by atoms with van der Waals surface area (Å²) < 4.78 is 9.88. The van der Waals surface area contributed by atoms with E-state index in [1.807, 2.05) is 0 Å². The summed E-state index contributed by atoms with van der Waals surface area (Å²) in [4.78, 5) is 34.8. The molecule has 1 aromatic rings. The van der Waals surface area contributed by atoms with E-state index in [1.54, 1.807) is 31.2 Å². The van der Waals surface area contributed by atoms with Gasteiger partial charge in [0.05, 0.1) is 19.6 Å². The molecule has 0 bridgehead atoms. The first-order valence-corrected chi connectivity index (χ1v) is 6.51. The number of esters is 1. The summed E-state index contributed by atoms with van der Waals surface area (Å²) >= 11 is 0. The fraction of sp³-hybridized carbons (Fsp3) is 0.312. The van der Waals surface area contributed by atoms with Gasteiger partial charge in [-0.1, -0.05) is 6.58 Å². The molecule has 0 saturated heterocycles. The highest BCUT2D eigenvalue weighted by molar-refractivity contribution is 6.00. The molecular weight excluding hydrogens is 272 g/mol. The van der Waals surface area contributed by atoms with Crippen LogP contribution in [0.25, 0.3) is 0 Å². The van der Waals surface area contributed by atoms with Gasteiger partial charge in [-0.3, -0.25) is 14.4 Å². The normalized spacial score (nSPS) is 11.3. The van der Waals surface area contributed by atoms with Crippen LogP contribution in [0.5, 0.6) is 5.75 Å². The van der Waals surface area contributed by atoms with Gasteiger partial charge in [0, 0.05) is 12.0 Å². The molecule has 5 nitrogen and oxygen atoms in total. The average molecular weight is 290 g/mol. The quantitative estimate of drug-likeness (QED) is 0.318. The first-order chi connectivity index (χ1) is 10.0. The second kappa shape index (κ2) is 7.99. The highest BCUT2D eigenvalue weighted by Gasteiger charge is 2.26. The highest BCUT2D eigenvalue weighted by atomic mass is 16.5. The van der Waals surface area contributed by atoms with Gasteiger partial charge in [0.2, 0.25) is 0 Å². The first kappa shape index (κ1) is 16.6. The lowest BCUT2D eigenvalue weighted by atomic mass is 9.93. The van der Waals surface area contributed by atoms with Crippen LogP contribution in [-0.2, 0) is 14.3 Å². The number of benzene rings is 1. The molecule has 0 radical (unpaired) electrons. The van der Waals surface area contributed by atoms with Crippen molar-refractivity contribution in [2.24, 2.45) is 5.92 Å². The molecule has 1 aromatic carbocycles. The first-order valence-electron chi connectivity index (χ1n) is 6.51. The number of methoxy groups -OCH3 is 1. The summed E-state index contributed by atoms with van der Waals surface area (Å²) in [6.07, 6.45) is 0.325. The Bertz CT molecular complexity index is 530. The number of ether oxygens (including phenoxy) is 2. The maximum Gasteiger partial charge on any atom is 0.313 e. The van der Waals surface area contributed by atoms with Crippen molar-refractivity contribution in [3.8, 4) is 5.75 Å². The van der Waals surface area contributed by atoms with Crippen LogP contribution < -0.4 is 4.74 Å². The van der Waals surface area contributed by atoms with Gasteiger partial charge in [0.15, 0.2) is 5.78 Å². The number of ketones is 1. The molecule has 0 heterocycles. The number of hydrogen-bond acceptors (Lipinski definition) is 5. The van der Waals surface area contributed by atoms with Gasteiger partial charge in [-0.15, -0.1) is 0 Å². The van der Waals surface area contributed by atoms with Crippen LogP contribution in [0.4, 0.5) is 0 Å². The minimum atomic E-state index is -0.947. The molecule has 1 rings (SSSR count). The lowest BCUT2D eigenvalue weighted by Gasteiger charge is -2.14. The number of Topliss-reactive ketones (excluding diaryl/α,β-unsaturated/α-hetero) is 1. The van der Waals surface area contributed by atoms with Crippen LogP contribution in [-0.4, -0.2) is 31.8 Å². The topological polar surface area (TPSA) is 69.7 Å². The maximum atomic E-state index is 12.2. The van der Waals surface area contributed by atoms with Gasteiger partial charge < -0.3 is 9.47 Å². The highest BCUT2D eigenvalue weighted by Crippen LogP contribution is 2.19. The fourth-order valence-electron chi connectivity index (χ4n) is 1.77. The van der Waals surface area contributed by atoms with Gasteiger partial charge in [-0.2, -0.15) is 0 Å². The van der Waals surface area contributed by atoms with E-state index >= 15 is 0 Å². The lowest BCUT2D eigenvalue weighted by molar-refractivity contribution is -0.147. The second-order valence-corrected chi connectivity index (χ2v) is 4.35. The van der Waals surface area contributed by atoms with E-state index in [4.69, 9.17) is 9.47 Å². The van der Waals surface area contributed by atoms with Gasteiger partial charge in [-0.25, -0.2) is 0 Å². The van der Waals surface area contributed by atoms with Crippen molar-refractivity contribution in [2.75, 3.05) is 13.7 Å². The molecule has 21 heavy (non-hydrogen) atoms. The maximum absolute atomic E-state index is 12.2. The second-order valence-electron chi connectivity index (χ2n) is 4.35. The number of carbonyl (C=O) groups excluding carboxylic acids is 3. The third-order valence-electron chi connectivity index (χ3n) is 2.97. The summed E-state index contributed by atoms with van der Waals surface area (Å²) in [6, 6.07) is 6.52. The van der Waals surface area contributed by atoms with Crippen molar-refractivity contribution in [3.63, 3.8) is 0 Å². The van der Waals surface area contributed by atoms with Crippen LogP contribution >= 0.6 is 0 Å². The van der Waals surface area contributed by atoms with E-state index in [0.717, 1.165) is 0 Å². The molecule has 0 fully saturated rings. The monoisotopic (exact) mass is 290 g/mol. The Kier molecular flexibility index (Phi) is 6.33. The molecule has 0 aliphatic rings. The van der Waals surface area contributed by atoms with E-state index in [9.17, 15) is 14.4 Å². The summed E-state index contributed by atoms with van der Waals surface area (Å²) in [5, 5.41) is 0. The van der Waals surface area contributed by atoms with Gasteiger partial charge >= 0.3 is 5.97 Å². The average Bonchev–Trinajstić information content (AvgIpc) is 2.51. The van der Waals surface area contributed by atoms with Crippen molar-refractivity contribution in [1.29, 1.82) is 0 Å². The van der Waals surface area contributed by atoms with E-state index in [-0.39, 0.29) is 24.4 Å². The zero-order valence-electron chi connectivity index (χ0n) is 12.1. The molecule has 0 aliphatic heterocycles. The zero-order chi connectivity index (χ0) is 15.8. The third kappa shape index (κ3) is 4.56. The Hall–Kier alpha value is -2.43. The molecule has 0 saturated carbocycles. The molecule has 5 heteroatoms. The van der Waals surface area contributed by atoms with Crippen molar-refractivity contribution in [2.45, 2.75) is 13.3 Å². The fourth-order valence-corrected chi connectivity index (χ4v) is 1.77. The van der Waals surface area contributed by atoms with Crippen molar-refractivity contribution in [3.05, 3.63) is 42.0 Å². The van der Waals surface area contributed by atoms with E-state index in [2.05, 4.69) is 6.58 Å². The Balaban J connectivity index is 2.86. The molecule has 0 aliphatic carbocycles. The Morgan fingerprint density at radius 2 is 1.90 bits per heavy atom. The largest absolute Gasteiger partial charge is 0.497 e. The van der Waals surface area contributed by atoms with Crippen LogP contribution in [0.1, 0.15) is 23.7 Å².